The Kier molecular flexibility index (Phi) is 34.9. The standard InChI is InChI=1S/C41H71O8P/c1-3-5-7-9-11-13-15-17-19-20-22-23-25-27-29-31-33-35-40(42)47-37-39(38-48-50(44,45)46)49-41(43)36-34-32-30-28-26-24-21-18-16-14-12-10-8-6-4-2/h12,14,18,21-23,26-29,39H,3-11,13,15-17,19-20,24-25,30-38H2,1-2H3,(H2,44,45,46)/b14-12+,21-18+,23-22+,28-26+,29-27+/t39-/m1/s1. The fourth-order valence-corrected chi connectivity index (χ4v) is 5.42. The zero-order valence-electron chi connectivity index (χ0n) is 31.5. The van der Waals surface area contributed by atoms with Crippen LogP contribution in [0.15, 0.2) is 60.8 Å². The highest BCUT2D eigenvalue weighted by atomic mass is 31.2. The van der Waals surface area contributed by atoms with E-state index in [4.69, 9.17) is 19.3 Å². The molecule has 0 bridgehead atoms. The van der Waals surface area contributed by atoms with E-state index < -0.39 is 32.5 Å². The van der Waals surface area contributed by atoms with Crippen LogP contribution in [0.3, 0.4) is 0 Å². The number of phosphoric acid groups is 1. The average molecular weight is 723 g/mol. The number of phosphoric ester groups is 1. The third kappa shape index (κ3) is 38.6. The van der Waals surface area contributed by atoms with Gasteiger partial charge in [-0.1, -0.05) is 139 Å². The molecule has 50 heavy (non-hydrogen) atoms. The first-order chi connectivity index (χ1) is 24.3. The van der Waals surface area contributed by atoms with E-state index in [1.807, 2.05) is 0 Å². The second-order valence-corrected chi connectivity index (χ2v) is 14.1. The lowest BCUT2D eigenvalue weighted by atomic mass is 10.1. The van der Waals surface area contributed by atoms with Gasteiger partial charge in [-0.15, -0.1) is 0 Å². The maximum Gasteiger partial charge on any atom is 0.469 e. The molecular formula is C41H71O8P. The van der Waals surface area contributed by atoms with Crippen molar-refractivity contribution in [2.45, 2.75) is 174 Å². The molecule has 0 unspecified atom stereocenters. The lowest BCUT2D eigenvalue weighted by Crippen LogP contribution is -2.29. The van der Waals surface area contributed by atoms with Gasteiger partial charge >= 0.3 is 19.8 Å². The maximum atomic E-state index is 12.3. The van der Waals surface area contributed by atoms with Gasteiger partial charge in [-0.3, -0.25) is 14.1 Å². The van der Waals surface area contributed by atoms with Crippen molar-refractivity contribution in [2.75, 3.05) is 13.2 Å². The van der Waals surface area contributed by atoms with Crippen LogP contribution in [-0.4, -0.2) is 41.0 Å². The summed E-state index contributed by atoms with van der Waals surface area (Å²) in [6, 6.07) is 0. The zero-order chi connectivity index (χ0) is 36.8. The molecule has 0 amide bonds. The number of esters is 2. The fraction of sp³-hybridized carbons (Fsp3) is 0.707. The number of carbonyl (C=O) groups is 2. The van der Waals surface area contributed by atoms with Gasteiger partial charge < -0.3 is 19.3 Å². The Morgan fingerprint density at radius 1 is 0.520 bits per heavy atom. The Hall–Kier alpha value is -2.25. The molecule has 288 valence electrons. The highest BCUT2D eigenvalue weighted by Crippen LogP contribution is 2.36. The summed E-state index contributed by atoms with van der Waals surface area (Å²) in [5, 5.41) is 0. The molecule has 0 saturated heterocycles. The number of hydrogen-bond acceptors (Lipinski definition) is 6. The number of unbranched alkanes of at least 4 members (excludes halogenated alkanes) is 15. The lowest BCUT2D eigenvalue weighted by molar-refractivity contribution is -0.161. The molecule has 0 aromatic heterocycles. The first kappa shape index (κ1) is 47.8. The minimum atomic E-state index is -4.77. The van der Waals surface area contributed by atoms with E-state index in [0.29, 0.717) is 12.8 Å². The molecular weight excluding hydrogens is 651 g/mol. The van der Waals surface area contributed by atoms with Crippen LogP contribution >= 0.6 is 7.82 Å². The van der Waals surface area contributed by atoms with Crippen molar-refractivity contribution in [1.29, 1.82) is 0 Å². The van der Waals surface area contributed by atoms with Gasteiger partial charge in [0.1, 0.15) is 6.61 Å². The second-order valence-electron chi connectivity index (χ2n) is 12.9. The van der Waals surface area contributed by atoms with E-state index >= 15 is 0 Å². The molecule has 0 rings (SSSR count). The molecule has 0 aliphatic carbocycles. The molecule has 0 saturated carbocycles. The van der Waals surface area contributed by atoms with Gasteiger partial charge in [0, 0.05) is 12.8 Å². The number of carbonyl (C=O) groups excluding carboxylic acids is 2. The van der Waals surface area contributed by atoms with Crippen LogP contribution in [-0.2, 0) is 28.2 Å². The minimum absolute atomic E-state index is 0.152. The summed E-state index contributed by atoms with van der Waals surface area (Å²) < 4.78 is 26.2. The first-order valence-electron chi connectivity index (χ1n) is 19.6. The van der Waals surface area contributed by atoms with Crippen LogP contribution in [0.4, 0.5) is 0 Å². The van der Waals surface area contributed by atoms with Crippen molar-refractivity contribution >= 4 is 19.8 Å². The van der Waals surface area contributed by atoms with Gasteiger partial charge in [0.15, 0.2) is 6.10 Å². The van der Waals surface area contributed by atoms with Crippen molar-refractivity contribution in [3.05, 3.63) is 60.8 Å². The molecule has 0 aliphatic rings. The van der Waals surface area contributed by atoms with E-state index in [9.17, 15) is 14.2 Å². The van der Waals surface area contributed by atoms with Gasteiger partial charge in [-0.05, 0) is 77.0 Å². The Labute approximate surface area is 305 Å². The van der Waals surface area contributed by atoms with Gasteiger partial charge in [-0.25, -0.2) is 4.57 Å². The quantitative estimate of drug-likeness (QED) is 0.0287. The molecule has 2 N–H and O–H groups in total. The summed E-state index contributed by atoms with van der Waals surface area (Å²) in [4.78, 5) is 42.7. The normalized spacial score (nSPS) is 13.1. The minimum Gasteiger partial charge on any atom is -0.462 e. The number of allylic oxidation sites excluding steroid dienone is 10. The van der Waals surface area contributed by atoms with E-state index in [2.05, 4.69) is 79.1 Å². The van der Waals surface area contributed by atoms with E-state index in [1.165, 1.54) is 77.0 Å². The largest absolute Gasteiger partial charge is 0.469 e. The van der Waals surface area contributed by atoms with Crippen molar-refractivity contribution < 1.29 is 37.9 Å². The van der Waals surface area contributed by atoms with Gasteiger partial charge in [0.05, 0.1) is 6.61 Å². The summed E-state index contributed by atoms with van der Waals surface area (Å²) in [6.07, 6.45) is 45.2. The third-order valence-electron chi connectivity index (χ3n) is 8.01. The topological polar surface area (TPSA) is 119 Å². The Bertz CT molecular complexity index is 995. The molecule has 0 aromatic rings. The van der Waals surface area contributed by atoms with Crippen LogP contribution in [0.2, 0.25) is 0 Å². The molecule has 9 heteroatoms. The molecule has 8 nitrogen and oxygen atoms in total. The van der Waals surface area contributed by atoms with E-state index in [-0.39, 0.29) is 19.4 Å². The SMILES string of the molecule is CCCCC/C=C/C/C=C/C/C=C/CCCCC(=O)O[C@H](COC(=O)CCC/C=C/C/C=C/CCCCCCCCCCC)COP(=O)(O)O. The highest BCUT2D eigenvalue weighted by Gasteiger charge is 2.22. The zero-order valence-corrected chi connectivity index (χ0v) is 32.4. The molecule has 0 aromatic carbocycles. The van der Waals surface area contributed by atoms with Crippen LogP contribution in [0.25, 0.3) is 0 Å². The van der Waals surface area contributed by atoms with Gasteiger partial charge in [-0.2, -0.15) is 0 Å². The first-order valence-corrected chi connectivity index (χ1v) is 21.1. The fourth-order valence-electron chi connectivity index (χ4n) is 5.06. The van der Waals surface area contributed by atoms with Gasteiger partial charge in [0.2, 0.25) is 0 Å². The summed E-state index contributed by atoms with van der Waals surface area (Å²) in [5.41, 5.74) is 0. The van der Waals surface area contributed by atoms with E-state index in [0.717, 1.165) is 51.4 Å². The van der Waals surface area contributed by atoms with Crippen molar-refractivity contribution in [3.8, 4) is 0 Å². The predicted molar refractivity (Wildman–Crippen MR) is 207 cm³/mol. The van der Waals surface area contributed by atoms with E-state index in [1.54, 1.807) is 0 Å². The summed E-state index contributed by atoms with van der Waals surface area (Å²) in [6.45, 7) is 3.57. The molecule has 1 atom stereocenters. The predicted octanol–water partition coefficient (Wildman–Crippen LogP) is 11.7. The smallest absolute Gasteiger partial charge is 0.462 e. The van der Waals surface area contributed by atoms with Crippen LogP contribution in [0.5, 0.6) is 0 Å². The van der Waals surface area contributed by atoms with Crippen LogP contribution in [0, 0.1) is 0 Å². The Morgan fingerprint density at radius 3 is 1.44 bits per heavy atom. The molecule has 0 radical (unpaired) electrons. The summed E-state index contributed by atoms with van der Waals surface area (Å²) in [5.74, 6) is -0.987. The highest BCUT2D eigenvalue weighted by molar-refractivity contribution is 7.46. The Balaban J connectivity index is 4.09. The third-order valence-corrected chi connectivity index (χ3v) is 8.49. The lowest BCUT2D eigenvalue weighted by Gasteiger charge is -2.18. The molecule has 0 fully saturated rings. The van der Waals surface area contributed by atoms with Crippen molar-refractivity contribution in [1.82, 2.24) is 0 Å². The molecule has 0 heterocycles. The molecule has 0 spiro atoms. The molecule has 0 aliphatic heterocycles. The van der Waals surface area contributed by atoms with Crippen LogP contribution in [0.1, 0.15) is 168 Å². The summed E-state index contributed by atoms with van der Waals surface area (Å²) in [7, 11) is -4.77. The number of rotatable bonds is 35. The number of ether oxygens (including phenoxy) is 2. The summed E-state index contributed by atoms with van der Waals surface area (Å²) >= 11 is 0. The Morgan fingerprint density at radius 2 is 0.920 bits per heavy atom. The van der Waals surface area contributed by atoms with Gasteiger partial charge in [0.25, 0.3) is 0 Å². The van der Waals surface area contributed by atoms with Crippen molar-refractivity contribution in [2.24, 2.45) is 0 Å². The average Bonchev–Trinajstić information content (AvgIpc) is 3.08. The number of hydrogen-bond donors (Lipinski definition) is 2. The monoisotopic (exact) mass is 722 g/mol. The maximum absolute atomic E-state index is 12.3. The second kappa shape index (κ2) is 36.5. The van der Waals surface area contributed by atoms with Crippen LogP contribution < -0.4 is 0 Å². The van der Waals surface area contributed by atoms with Crippen molar-refractivity contribution in [3.63, 3.8) is 0 Å².